The Balaban J connectivity index is 2.30. The molecule has 0 aliphatic rings. The van der Waals surface area contributed by atoms with Gasteiger partial charge in [-0.25, -0.2) is 0 Å². The number of benzene rings is 1. The van der Waals surface area contributed by atoms with E-state index < -0.39 is 0 Å². The van der Waals surface area contributed by atoms with Crippen molar-refractivity contribution in [2.75, 3.05) is 0 Å². The van der Waals surface area contributed by atoms with E-state index in [0.29, 0.717) is 6.42 Å². The van der Waals surface area contributed by atoms with Crippen LogP contribution in [0.5, 0.6) is 0 Å². The molecule has 1 heterocycles. The molecule has 0 aliphatic carbocycles. The fourth-order valence-electron chi connectivity index (χ4n) is 1.56. The zero-order valence-electron chi connectivity index (χ0n) is 9.18. The van der Waals surface area contributed by atoms with Crippen LogP contribution in [0.1, 0.15) is 23.7 Å². The number of rotatable bonds is 3. The van der Waals surface area contributed by atoms with E-state index in [1.807, 2.05) is 49.4 Å². The molecule has 80 valence electrons. The van der Waals surface area contributed by atoms with Gasteiger partial charge in [0.25, 0.3) is 0 Å². The second-order valence-corrected chi connectivity index (χ2v) is 3.57. The monoisotopic (exact) mass is 211 g/mol. The Morgan fingerprint density at radius 3 is 2.44 bits per heavy atom. The zero-order valence-corrected chi connectivity index (χ0v) is 9.18. The summed E-state index contributed by atoms with van der Waals surface area (Å²) in [4.78, 5) is 15.7. The van der Waals surface area contributed by atoms with Gasteiger partial charge in [0.1, 0.15) is 0 Å². The number of carbonyl (C=O) groups is 1. The van der Waals surface area contributed by atoms with Crippen molar-refractivity contribution in [3.63, 3.8) is 0 Å². The SMILES string of the molecule is CCC(=O)c1ccc(-c2ccccn2)cc1. The molecule has 0 saturated heterocycles. The van der Waals surface area contributed by atoms with Crippen molar-refractivity contribution in [1.29, 1.82) is 0 Å². The first-order valence-corrected chi connectivity index (χ1v) is 5.36. The van der Waals surface area contributed by atoms with E-state index in [4.69, 9.17) is 0 Å². The highest BCUT2D eigenvalue weighted by Gasteiger charge is 2.03. The Morgan fingerprint density at radius 1 is 1.12 bits per heavy atom. The number of aromatic nitrogens is 1. The lowest BCUT2D eigenvalue weighted by molar-refractivity contribution is 0.0988. The Labute approximate surface area is 95.0 Å². The normalized spacial score (nSPS) is 10.1. The summed E-state index contributed by atoms with van der Waals surface area (Å²) in [7, 11) is 0. The third kappa shape index (κ3) is 2.16. The lowest BCUT2D eigenvalue weighted by Gasteiger charge is -2.01. The number of hydrogen-bond donors (Lipinski definition) is 0. The van der Waals surface area contributed by atoms with Gasteiger partial charge in [-0.05, 0) is 12.1 Å². The second-order valence-electron chi connectivity index (χ2n) is 3.57. The van der Waals surface area contributed by atoms with Crippen LogP contribution in [0.15, 0.2) is 48.7 Å². The van der Waals surface area contributed by atoms with Crippen molar-refractivity contribution in [2.24, 2.45) is 0 Å². The second kappa shape index (κ2) is 4.71. The molecule has 2 rings (SSSR count). The summed E-state index contributed by atoms with van der Waals surface area (Å²) in [5, 5.41) is 0. The van der Waals surface area contributed by atoms with Gasteiger partial charge in [0.15, 0.2) is 5.78 Å². The molecule has 0 saturated carbocycles. The highest BCUT2D eigenvalue weighted by molar-refractivity contribution is 5.96. The molecular formula is C14H13NO. The van der Waals surface area contributed by atoms with Gasteiger partial charge in [-0.2, -0.15) is 0 Å². The lowest BCUT2D eigenvalue weighted by atomic mass is 10.0. The summed E-state index contributed by atoms with van der Waals surface area (Å²) in [6.45, 7) is 1.87. The van der Waals surface area contributed by atoms with Crippen LogP contribution in [0.4, 0.5) is 0 Å². The molecule has 0 unspecified atom stereocenters. The maximum Gasteiger partial charge on any atom is 0.162 e. The minimum atomic E-state index is 0.174. The van der Waals surface area contributed by atoms with Gasteiger partial charge in [-0.15, -0.1) is 0 Å². The predicted molar refractivity (Wildman–Crippen MR) is 64.3 cm³/mol. The van der Waals surface area contributed by atoms with Gasteiger partial charge >= 0.3 is 0 Å². The molecule has 0 N–H and O–H groups in total. The highest BCUT2D eigenvalue weighted by atomic mass is 16.1. The first-order chi connectivity index (χ1) is 7.81. The van der Waals surface area contributed by atoms with Crippen LogP contribution in [0.2, 0.25) is 0 Å². The Bertz CT molecular complexity index is 474. The third-order valence-electron chi connectivity index (χ3n) is 2.49. The molecule has 1 aromatic carbocycles. The summed E-state index contributed by atoms with van der Waals surface area (Å²) >= 11 is 0. The largest absolute Gasteiger partial charge is 0.294 e. The van der Waals surface area contributed by atoms with E-state index in [1.54, 1.807) is 6.20 Å². The molecule has 0 spiro atoms. The summed E-state index contributed by atoms with van der Waals surface area (Å²) in [5.41, 5.74) is 2.73. The molecule has 2 heteroatoms. The van der Waals surface area contributed by atoms with Gasteiger partial charge in [0, 0.05) is 23.7 Å². The van der Waals surface area contributed by atoms with E-state index >= 15 is 0 Å². The summed E-state index contributed by atoms with van der Waals surface area (Å²) in [6.07, 6.45) is 2.31. The number of ketones is 1. The van der Waals surface area contributed by atoms with Crippen molar-refractivity contribution >= 4 is 5.78 Å². The van der Waals surface area contributed by atoms with E-state index in [1.165, 1.54) is 0 Å². The van der Waals surface area contributed by atoms with Gasteiger partial charge in [0.05, 0.1) is 5.69 Å². The molecule has 0 fully saturated rings. The maximum atomic E-state index is 11.4. The minimum Gasteiger partial charge on any atom is -0.294 e. The van der Waals surface area contributed by atoms with Crippen molar-refractivity contribution in [1.82, 2.24) is 4.98 Å². The Morgan fingerprint density at radius 2 is 1.88 bits per heavy atom. The van der Waals surface area contributed by atoms with E-state index in [2.05, 4.69) is 4.98 Å². The van der Waals surface area contributed by atoms with Crippen LogP contribution < -0.4 is 0 Å². The van der Waals surface area contributed by atoms with Crippen LogP contribution in [0.3, 0.4) is 0 Å². The van der Waals surface area contributed by atoms with Crippen LogP contribution in [0, 0.1) is 0 Å². The lowest BCUT2D eigenvalue weighted by Crippen LogP contribution is -1.95. The van der Waals surface area contributed by atoms with E-state index in [0.717, 1.165) is 16.8 Å². The van der Waals surface area contributed by atoms with Crippen LogP contribution >= 0.6 is 0 Å². The number of carbonyl (C=O) groups excluding carboxylic acids is 1. The molecule has 2 aromatic rings. The van der Waals surface area contributed by atoms with Crippen LogP contribution in [-0.4, -0.2) is 10.8 Å². The molecule has 0 bridgehead atoms. The van der Waals surface area contributed by atoms with Crippen molar-refractivity contribution < 1.29 is 4.79 Å². The topological polar surface area (TPSA) is 30.0 Å². The molecule has 0 radical (unpaired) electrons. The van der Waals surface area contributed by atoms with Gasteiger partial charge in [0.2, 0.25) is 0 Å². The summed E-state index contributed by atoms with van der Waals surface area (Å²) in [6, 6.07) is 13.4. The van der Waals surface area contributed by atoms with Crippen molar-refractivity contribution in [3.05, 3.63) is 54.2 Å². The molecule has 2 nitrogen and oxygen atoms in total. The number of nitrogens with zero attached hydrogens (tertiary/aromatic N) is 1. The fourth-order valence-corrected chi connectivity index (χ4v) is 1.56. The highest BCUT2D eigenvalue weighted by Crippen LogP contribution is 2.17. The third-order valence-corrected chi connectivity index (χ3v) is 2.49. The molecule has 0 amide bonds. The number of pyridine rings is 1. The van der Waals surface area contributed by atoms with Gasteiger partial charge in [-0.3, -0.25) is 9.78 Å². The van der Waals surface area contributed by atoms with Crippen molar-refractivity contribution in [3.8, 4) is 11.3 Å². The van der Waals surface area contributed by atoms with Gasteiger partial charge < -0.3 is 0 Å². The molecule has 0 atom stereocenters. The summed E-state index contributed by atoms with van der Waals surface area (Å²) < 4.78 is 0. The number of hydrogen-bond acceptors (Lipinski definition) is 2. The Hall–Kier alpha value is -1.96. The van der Waals surface area contributed by atoms with Crippen LogP contribution in [-0.2, 0) is 0 Å². The first-order valence-electron chi connectivity index (χ1n) is 5.36. The average Bonchev–Trinajstić information content (AvgIpc) is 2.39. The fraction of sp³-hybridized carbons (Fsp3) is 0.143. The first kappa shape index (κ1) is 10.6. The van der Waals surface area contributed by atoms with Gasteiger partial charge in [-0.1, -0.05) is 37.3 Å². The smallest absolute Gasteiger partial charge is 0.162 e. The average molecular weight is 211 g/mol. The predicted octanol–water partition coefficient (Wildman–Crippen LogP) is 3.34. The zero-order chi connectivity index (χ0) is 11.4. The molecular weight excluding hydrogens is 198 g/mol. The van der Waals surface area contributed by atoms with E-state index in [9.17, 15) is 4.79 Å². The Kier molecular flexibility index (Phi) is 3.10. The standard InChI is InChI=1S/C14H13NO/c1-2-14(16)12-8-6-11(7-9-12)13-5-3-4-10-15-13/h3-10H,2H2,1H3. The maximum absolute atomic E-state index is 11.4. The minimum absolute atomic E-state index is 0.174. The number of Topliss-reactive ketones (excluding diaryl/α,β-unsaturated/α-hetero) is 1. The molecule has 16 heavy (non-hydrogen) atoms. The summed E-state index contributed by atoms with van der Waals surface area (Å²) in [5.74, 6) is 0.174. The van der Waals surface area contributed by atoms with Crippen LogP contribution in [0.25, 0.3) is 11.3 Å². The van der Waals surface area contributed by atoms with E-state index in [-0.39, 0.29) is 5.78 Å². The molecule has 0 aliphatic heterocycles. The van der Waals surface area contributed by atoms with Crippen molar-refractivity contribution in [2.45, 2.75) is 13.3 Å². The molecule has 1 aromatic heterocycles. The quantitative estimate of drug-likeness (QED) is 0.729.